The third-order valence-electron chi connectivity index (χ3n) is 4.62. The summed E-state index contributed by atoms with van der Waals surface area (Å²) in [5.74, 6) is 1.58. The SMILES string of the molecule is C[C@H](C/C=C\CCC[C@@H](C)C(C)(C)C)C(C)(C)C. The van der Waals surface area contributed by atoms with E-state index in [4.69, 9.17) is 0 Å². The molecule has 0 saturated carbocycles. The van der Waals surface area contributed by atoms with Crippen molar-refractivity contribution in [3.05, 3.63) is 12.2 Å². The maximum atomic E-state index is 2.39. The van der Waals surface area contributed by atoms with Crippen molar-refractivity contribution >= 4 is 0 Å². The predicted octanol–water partition coefficient (Wildman–Crippen LogP) is 6.47. The minimum absolute atomic E-state index is 0.436. The molecule has 0 aromatic rings. The molecule has 0 heteroatoms. The van der Waals surface area contributed by atoms with Crippen LogP contribution >= 0.6 is 0 Å². The Morgan fingerprint density at radius 1 is 0.778 bits per heavy atom. The molecule has 2 atom stereocenters. The van der Waals surface area contributed by atoms with Gasteiger partial charge in [-0.1, -0.05) is 67.5 Å². The summed E-state index contributed by atoms with van der Waals surface area (Å²) in [6, 6.07) is 0. The van der Waals surface area contributed by atoms with Crippen molar-refractivity contribution in [1.82, 2.24) is 0 Å². The highest BCUT2D eigenvalue weighted by Crippen LogP contribution is 2.30. The second kappa shape index (κ2) is 7.36. The van der Waals surface area contributed by atoms with Crippen molar-refractivity contribution in [3.63, 3.8) is 0 Å². The summed E-state index contributed by atoms with van der Waals surface area (Å²) in [6.07, 6.45) is 9.92. The van der Waals surface area contributed by atoms with Gasteiger partial charge in [-0.05, 0) is 48.3 Å². The Balaban J connectivity index is 3.74. The van der Waals surface area contributed by atoms with Crippen molar-refractivity contribution < 1.29 is 0 Å². The lowest BCUT2D eigenvalue weighted by Gasteiger charge is -2.27. The molecule has 0 aliphatic carbocycles. The first-order valence-electron chi connectivity index (χ1n) is 7.70. The van der Waals surface area contributed by atoms with Crippen molar-refractivity contribution in [1.29, 1.82) is 0 Å². The van der Waals surface area contributed by atoms with E-state index in [0.717, 1.165) is 11.8 Å². The fourth-order valence-corrected chi connectivity index (χ4v) is 1.75. The number of rotatable bonds is 6. The Morgan fingerprint density at radius 3 is 1.72 bits per heavy atom. The van der Waals surface area contributed by atoms with Gasteiger partial charge < -0.3 is 0 Å². The Hall–Kier alpha value is -0.260. The molecular weight excluding hydrogens is 216 g/mol. The molecule has 108 valence electrons. The molecule has 0 amide bonds. The molecule has 0 nitrogen and oxygen atoms in total. The van der Waals surface area contributed by atoms with Gasteiger partial charge in [-0.15, -0.1) is 0 Å². The molecule has 0 aliphatic heterocycles. The van der Waals surface area contributed by atoms with Crippen LogP contribution in [0.1, 0.15) is 81.1 Å². The van der Waals surface area contributed by atoms with E-state index < -0.39 is 0 Å². The van der Waals surface area contributed by atoms with Crippen LogP contribution in [0.4, 0.5) is 0 Å². The van der Waals surface area contributed by atoms with Crippen LogP contribution in [0.2, 0.25) is 0 Å². The van der Waals surface area contributed by atoms with Crippen LogP contribution in [0.5, 0.6) is 0 Å². The molecule has 0 fully saturated rings. The highest BCUT2D eigenvalue weighted by Gasteiger charge is 2.19. The van der Waals surface area contributed by atoms with E-state index in [2.05, 4.69) is 67.5 Å². The molecule has 0 radical (unpaired) electrons. The first-order valence-corrected chi connectivity index (χ1v) is 7.70. The smallest absolute Gasteiger partial charge is 0.0320 e. The number of hydrogen-bond acceptors (Lipinski definition) is 0. The van der Waals surface area contributed by atoms with Crippen LogP contribution in [0.15, 0.2) is 12.2 Å². The highest BCUT2D eigenvalue weighted by atomic mass is 14.2. The van der Waals surface area contributed by atoms with Gasteiger partial charge in [0, 0.05) is 0 Å². The molecule has 0 saturated heterocycles. The van der Waals surface area contributed by atoms with E-state index in [1.807, 2.05) is 0 Å². The van der Waals surface area contributed by atoms with Crippen LogP contribution in [0.3, 0.4) is 0 Å². The van der Waals surface area contributed by atoms with Gasteiger partial charge in [0.2, 0.25) is 0 Å². The largest absolute Gasteiger partial charge is 0.0885 e. The van der Waals surface area contributed by atoms with Crippen LogP contribution < -0.4 is 0 Å². The van der Waals surface area contributed by atoms with Gasteiger partial charge in [0.1, 0.15) is 0 Å². The number of hydrogen-bond donors (Lipinski definition) is 0. The molecule has 0 rings (SSSR count). The third kappa shape index (κ3) is 7.95. The fraction of sp³-hybridized carbons (Fsp3) is 0.889. The van der Waals surface area contributed by atoms with Gasteiger partial charge in [-0.25, -0.2) is 0 Å². The topological polar surface area (TPSA) is 0 Å². The second-order valence-corrected chi connectivity index (χ2v) is 8.17. The van der Waals surface area contributed by atoms with E-state index in [0.29, 0.717) is 10.8 Å². The zero-order chi connectivity index (χ0) is 14.4. The minimum atomic E-state index is 0.436. The molecule has 0 unspecified atom stereocenters. The molecule has 0 heterocycles. The maximum absolute atomic E-state index is 2.39. The molecule has 0 aliphatic rings. The third-order valence-corrected chi connectivity index (χ3v) is 4.62. The first-order chi connectivity index (χ1) is 8.05. The Morgan fingerprint density at radius 2 is 1.28 bits per heavy atom. The molecule has 0 N–H and O–H groups in total. The minimum Gasteiger partial charge on any atom is -0.0885 e. The van der Waals surface area contributed by atoms with Crippen LogP contribution in [0.25, 0.3) is 0 Å². The normalized spacial score (nSPS) is 17.1. The summed E-state index contributed by atoms with van der Waals surface area (Å²) in [7, 11) is 0. The molecule has 0 spiro atoms. The van der Waals surface area contributed by atoms with E-state index >= 15 is 0 Å². The van der Waals surface area contributed by atoms with Gasteiger partial charge >= 0.3 is 0 Å². The standard InChI is InChI=1S/C18H36/c1-15(17(3,4)5)13-11-9-10-12-14-16(2)18(6,7)8/h9,11,15-16H,10,12-14H2,1-8H3/b11-9-/t15-,16-/m1/s1. The zero-order valence-electron chi connectivity index (χ0n) is 14.1. The van der Waals surface area contributed by atoms with E-state index in [1.54, 1.807) is 0 Å². The summed E-state index contributed by atoms with van der Waals surface area (Å²) < 4.78 is 0. The molecular formula is C18H36. The van der Waals surface area contributed by atoms with Crippen molar-refractivity contribution in [3.8, 4) is 0 Å². The van der Waals surface area contributed by atoms with Crippen LogP contribution in [0, 0.1) is 22.7 Å². The summed E-state index contributed by atoms with van der Waals surface area (Å²) in [6.45, 7) is 18.8. The lowest BCUT2D eigenvalue weighted by atomic mass is 9.79. The molecule has 0 bridgehead atoms. The van der Waals surface area contributed by atoms with E-state index in [1.165, 1.54) is 25.7 Å². The molecule has 0 aromatic heterocycles. The van der Waals surface area contributed by atoms with Crippen molar-refractivity contribution in [2.75, 3.05) is 0 Å². The van der Waals surface area contributed by atoms with Gasteiger partial charge in [0.15, 0.2) is 0 Å². The monoisotopic (exact) mass is 252 g/mol. The number of allylic oxidation sites excluding steroid dienone is 2. The van der Waals surface area contributed by atoms with Crippen molar-refractivity contribution in [2.45, 2.75) is 81.1 Å². The predicted molar refractivity (Wildman–Crippen MR) is 84.8 cm³/mol. The average Bonchev–Trinajstić information content (AvgIpc) is 2.19. The van der Waals surface area contributed by atoms with Gasteiger partial charge in [0.05, 0.1) is 0 Å². The summed E-state index contributed by atoms with van der Waals surface area (Å²) in [4.78, 5) is 0. The fourth-order valence-electron chi connectivity index (χ4n) is 1.75. The quantitative estimate of drug-likeness (QED) is 0.375. The van der Waals surface area contributed by atoms with Crippen molar-refractivity contribution in [2.24, 2.45) is 22.7 Å². The lowest BCUT2D eigenvalue weighted by molar-refractivity contribution is 0.243. The average molecular weight is 252 g/mol. The highest BCUT2D eigenvalue weighted by molar-refractivity contribution is 4.86. The van der Waals surface area contributed by atoms with Gasteiger partial charge in [-0.2, -0.15) is 0 Å². The van der Waals surface area contributed by atoms with Crippen LogP contribution in [-0.4, -0.2) is 0 Å². The Kier molecular flexibility index (Phi) is 7.25. The zero-order valence-corrected chi connectivity index (χ0v) is 14.1. The summed E-state index contributed by atoms with van der Waals surface area (Å²) >= 11 is 0. The van der Waals surface area contributed by atoms with E-state index in [-0.39, 0.29) is 0 Å². The number of unbranched alkanes of at least 4 members (excludes halogenated alkanes) is 1. The first kappa shape index (κ1) is 17.7. The Labute approximate surface area is 116 Å². The van der Waals surface area contributed by atoms with Gasteiger partial charge in [0.25, 0.3) is 0 Å². The van der Waals surface area contributed by atoms with Gasteiger partial charge in [-0.3, -0.25) is 0 Å². The molecule has 18 heavy (non-hydrogen) atoms. The maximum Gasteiger partial charge on any atom is -0.0320 e. The summed E-state index contributed by atoms with van der Waals surface area (Å²) in [5, 5.41) is 0. The second-order valence-electron chi connectivity index (χ2n) is 8.17. The molecule has 0 aromatic carbocycles. The van der Waals surface area contributed by atoms with Crippen LogP contribution in [-0.2, 0) is 0 Å². The lowest BCUT2D eigenvalue weighted by Crippen LogP contribution is -2.16. The van der Waals surface area contributed by atoms with E-state index in [9.17, 15) is 0 Å². The Bertz CT molecular complexity index is 234. The summed E-state index contributed by atoms with van der Waals surface area (Å²) in [5.41, 5.74) is 0.898.